The summed E-state index contributed by atoms with van der Waals surface area (Å²) >= 11 is 0. The summed E-state index contributed by atoms with van der Waals surface area (Å²) in [4.78, 5) is 31.2. The molecule has 6 nitrogen and oxygen atoms in total. The van der Waals surface area contributed by atoms with Crippen molar-refractivity contribution < 1.29 is 131 Å². The molecule has 0 unspecified atom stereocenters. The minimum atomic E-state index is -3.37. The largest absolute Gasteiger partial charge is 1.00 e. The second-order valence-electron chi connectivity index (χ2n) is 0.476. The monoisotopic (exact) mass is 238 g/mol. The minimum Gasteiger partial charge on any atom is -0.598 e. The Morgan fingerprint density at radius 3 is 1.00 bits per heavy atom. The fourth-order valence-corrected chi connectivity index (χ4v) is 0. The molecule has 48 valence electrons. The second kappa shape index (κ2) is 18.2. The fourth-order valence-electron chi connectivity index (χ4n) is 0. The molecule has 0 aliphatic carbocycles. The maximum absolute atomic E-state index is 8.70. The van der Waals surface area contributed by atoms with E-state index in [2.05, 4.69) is 0 Å². The Morgan fingerprint density at radius 1 is 1.00 bits per heavy atom. The van der Waals surface area contributed by atoms with Crippen molar-refractivity contribution in [1.82, 2.24) is 0 Å². The van der Waals surface area contributed by atoms with Gasteiger partial charge in [0.1, 0.15) is 0 Å². The molecule has 0 fully saturated rings. The predicted molar refractivity (Wildman–Crippen MR) is 19.7 cm³/mol. The van der Waals surface area contributed by atoms with Crippen LogP contribution in [0, 0.1) is 0 Å². The molecule has 0 saturated carbocycles. The summed E-state index contributed by atoms with van der Waals surface area (Å²) in [6.45, 7) is 0. The Labute approximate surface area is 144 Å². The third-order valence-corrected chi connectivity index (χ3v) is 0. The molecule has 0 bridgehead atoms. The van der Waals surface area contributed by atoms with Crippen LogP contribution in [0.2, 0.25) is 0 Å². The first kappa shape index (κ1) is 23.3. The first-order chi connectivity index (χ1) is 3.46. The van der Waals surface area contributed by atoms with Crippen molar-refractivity contribution in [3.63, 3.8) is 0 Å². The summed E-state index contributed by atoms with van der Waals surface area (Å²) in [7, 11) is -6.24. The molecule has 10 heteroatoms. The van der Waals surface area contributed by atoms with Crippen LogP contribution in [0.4, 0.5) is 0 Å². The van der Waals surface area contributed by atoms with E-state index in [1.54, 1.807) is 0 Å². The van der Waals surface area contributed by atoms with Crippen LogP contribution in [0.15, 0.2) is 0 Å². The van der Waals surface area contributed by atoms with Crippen LogP contribution in [0.5, 0.6) is 0 Å². The molecule has 0 radical (unpaired) electrons. The Hall–Kier alpha value is 3.31. The van der Waals surface area contributed by atoms with Crippen LogP contribution in [-0.2, 0) is 9.13 Å². The van der Waals surface area contributed by atoms with Gasteiger partial charge in [0.25, 0.3) is 8.25 Å². The maximum atomic E-state index is 8.70. The van der Waals surface area contributed by atoms with E-state index in [4.69, 9.17) is 28.7 Å². The first-order valence-corrected chi connectivity index (χ1v) is 3.39. The molecule has 0 saturated heterocycles. The molecule has 2 N–H and O–H groups in total. The molecule has 0 aromatic heterocycles. The van der Waals surface area contributed by atoms with Gasteiger partial charge in [-0.1, -0.05) is 4.57 Å². The topological polar surface area (TPSA) is 121 Å². The van der Waals surface area contributed by atoms with Gasteiger partial charge in [0, 0.05) is 4.57 Å². The van der Waals surface area contributed by atoms with E-state index in [0.717, 1.165) is 0 Å². The fraction of sp³-hybridized carbons (Fsp3) is 0. The van der Waals surface area contributed by atoms with Crippen molar-refractivity contribution in [2.75, 3.05) is 0 Å². The molecular formula is H2K2O6P2+2. The van der Waals surface area contributed by atoms with Gasteiger partial charge in [0.2, 0.25) is 0 Å². The molecule has 0 amide bonds. The first-order valence-electron chi connectivity index (χ1n) is 1.13. The van der Waals surface area contributed by atoms with Crippen molar-refractivity contribution in [2.24, 2.45) is 0 Å². The standard InChI is InChI=1S/2K.2HO3P/c;;2*1-4(2)3/h;;(H-,1,2,3);(H,1,2,3)/q2*+1;;. The van der Waals surface area contributed by atoms with Gasteiger partial charge in [-0.05, 0) is 0 Å². The SMILES string of the molecule is O=[P+](O)O.O=[P+]([O-])[O-].[K+].[K+]. The molecule has 10 heavy (non-hydrogen) atoms. The Bertz CT molecular complexity index is 71.7. The number of rotatable bonds is 0. The molecule has 0 heterocycles. The van der Waals surface area contributed by atoms with Crippen LogP contribution in [0.25, 0.3) is 0 Å². The summed E-state index contributed by atoms with van der Waals surface area (Å²) in [6.07, 6.45) is 0. The van der Waals surface area contributed by atoms with Gasteiger partial charge in [-0.25, -0.2) is 0 Å². The summed E-state index contributed by atoms with van der Waals surface area (Å²) in [6, 6.07) is 0. The van der Waals surface area contributed by atoms with E-state index in [0.29, 0.717) is 0 Å². The summed E-state index contributed by atoms with van der Waals surface area (Å²) in [5, 5.41) is 0. The van der Waals surface area contributed by atoms with E-state index >= 15 is 0 Å². The van der Waals surface area contributed by atoms with E-state index in [1.807, 2.05) is 0 Å². The zero-order chi connectivity index (χ0) is 7.15. The van der Waals surface area contributed by atoms with Crippen LogP contribution in [-0.4, -0.2) is 9.79 Å². The normalized spacial score (nSPS) is 5.20. The van der Waals surface area contributed by atoms with Crippen LogP contribution in [0.3, 0.4) is 0 Å². The van der Waals surface area contributed by atoms with Gasteiger partial charge in [0.05, 0.1) is 0 Å². The molecule has 0 aliphatic heterocycles. The van der Waals surface area contributed by atoms with Crippen molar-refractivity contribution in [3.8, 4) is 0 Å². The van der Waals surface area contributed by atoms with E-state index in [9.17, 15) is 0 Å². The van der Waals surface area contributed by atoms with Crippen molar-refractivity contribution in [3.05, 3.63) is 0 Å². The smallest absolute Gasteiger partial charge is 0.598 e. The van der Waals surface area contributed by atoms with Crippen LogP contribution in [0.1, 0.15) is 0 Å². The van der Waals surface area contributed by atoms with Crippen LogP contribution >= 0.6 is 16.5 Å². The summed E-state index contributed by atoms with van der Waals surface area (Å²) in [5.41, 5.74) is 0. The molecule has 0 atom stereocenters. The van der Waals surface area contributed by atoms with Gasteiger partial charge >= 0.3 is 111 Å². The average Bonchev–Trinajstić information content (AvgIpc) is 1.25. The molecule has 0 rings (SSSR count). The van der Waals surface area contributed by atoms with Crippen molar-refractivity contribution >= 4 is 16.5 Å². The van der Waals surface area contributed by atoms with E-state index in [-0.39, 0.29) is 103 Å². The summed E-state index contributed by atoms with van der Waals surface area (Å²) < 4.78 is 17.2. The summed E-state index contributed by atoms with van der Waals surface area (Å²) in [5.74, 6) is 0. The maximum Gasteiger partial charge on any atom is 1.00 e. The number of hydrogen-bond acceptors (Lipinski definition) is 4. The van der Waals surface area contributed by atoms with Gasteiger partial charge in [0.15, 0.2) is 0 Å². The Balaban J connectivity index is -0.0000000300. The third kappa shape index (κ3) is 110. The molecule has 0 aromatic carbocycles. The van der Waals surface area contributed by atoms with Crippen molar-refractivity contribution in [2.45, 2.75) is 0 Å². The van der Waals surface area contributed by atoms with Crippen molar-refractivity contribution in [1.29, 1.82) is 0 Å². The van der Waals surface area contributed by atoms with E-state index in [1.165, 1.54) is 0 Å². The predicted octanol–water partition coefficient (Wildman–Crippen LogP) is -8.00. The minimum absolute atomic E-state index is 0. The zero-order valence-corrected chi connectivity index (χ0v) is 13.5. The molecule has 0 aliphatic rings. The van der Waals surface area contributed by atoms with Gasteiger partial charge in [-0.2, -0.15) is 0 Å². The molecular weight excluding hydrogens is 236 g/mol. The van der Waals surface area contributed by atoms with Gasteiger partial charge < -0.3 is 9.79 Å². The molecule has 0 spiro atoms. The van der Waals surface area contributed by atoms with Gasteiger partial charge in [-0.3, -0.25) is 0 Å². The molecule has 0 aromatic rings. The van der Waals surface area contributed by atoms with Crippen LogP contribution < -0.4 is 113 Å². The van der Waals surface area contributed by atoms with Gasteiger partial charge in [-0.15, -0.1) is 9.79 Å². The second-order valence-corrected chi connectivity index (χ2v) is 1.43. The third-order valence-electron chi connectivity index (χ3n) is 0. The quantitative estimate of drug-likeness (QED) is 0.319. The Kier molecular flexibility index (Phi) is 42.3. The van der Waals surface area contributed by atoms with E-state index < -0.39 is 16.5 Å². The average molecular weight is 238 g/mol. The zero-order valence-electron chi connectivity index (χ0n) is 5.42. The Morgan fingerprint density at radius 2 is 1.00 bits per heavy atom. The number of hydrogen-bond donors (Lipinski definition) is 2.